The zero-order chi connectivity index (χ0) is 10.6. The predicted octanol–water partition coefficient (Wildman–Crippen LogP) is 0.440. The lowest BCUT2D eigenvalue weighted by Crippen LogP contribution is -2.38. The molecule has 3 N–H and O–H groups in total. The number of rotatable bonds is 4. The van der Waals surface area contributed by atoms with Crippen molar-refractivity contribution in [3.05, 3.63) is 11.6 Å². The molecular formula is C10H18N2O2. The van der Waals surface area contributed by atoms with Gasteiger partial charge in [0.15, 0.2) is 0 Å². The van der Waals surface area contributed by atoms with Gasteiger partial charge in [-0.1, -0.05) is 13.0 Å². The molecule has 1 atom stereocenters. The zero-order valence-electron chi connectivity index (χ0n) is 8.57. The second kappa shape index (κ2) is 5.12. The molecule has 0 aliphatic carbocycles. The Morgan fingerprint density at radius 2 is 2.50 bits per heavy atom. The Hall–Kier alpha value is -0.870. The van der Waals surface area contributed by atoms with E-state index in [1.807, 2.05) is 6.08 Å². The Bertz CT molecular complexity index is 238. The summed E-state index contributed by atoms with van der Waals surface area (Å²) in [6.07, 6.45) is 3.87. The molecule has 14 heavy (non-hydrogen) atoms. The van der Waals surface area contributed by atoms with Crippen LogP contribution < -0.4 is 5.73 Å². The van der Waals surface area contributed by atoms with Gasteiger partial charge in [0, 0.05) is 13.1 Å². The zero-order valence-corrected chi connectivity index (χ0v) is 8.57. The third-order valence-corrected chi connectivity index (χ3v) is 2.53. The van der Waals surface area contributed by atoms with Crippen molar-refractivity contribution >= 4 is 5.97 Å². The highest BCUT2D eigenvalue weighted by atomic mass is 16.4. The maximum Gasteiger partial charge on any atom is 0.324 e. The van der Waals surface area contributed by atoms with E-state index in [1.165, 1.54) is 0 Å². The smallest absolute Gasteiger partial charge is 0.324 e. The summed E-state index contributed by atoms with van der Waals surface area (Å²) in [5.74, 6) is -0.930. The standard InChI is InChI=1S/C10H18N2O2/c1-2-5-12-6-3-8(4-7-12)9(11)10(13)14/h3,9H,2,4-7,11H2,1H3,(H,13,14). The molecule has 0 aromatic rings. The van der Waals surface area contributed by atoms with Gasteiger partial charge in [0.1, 0.15) is 6.04 Å². The number of carbonyl (C=O) groups is 1. The van der Waals surface area contributed by atoms with Crippen LogP contribution in [0.2, 0.25) is 0 Å². The Kier molecular flexibility index (Phi) is 4.10. The molecule has 0 radical (unpaired) electrons. The van der Waals surface area contributed by atoms with E-state index in [9.17, 15) is 4.79 Å². The summed E-state index contributed by atoms with van der Waals surface area (Å²) in [6.45, 7) is 4.99. The van der Waals surface area contributed by atoms with Crippen LogP contribution >= 0.6 is 0 Å². The maximum absolute atomic E-state index is 10.6. The van der Waals surface area contributed by atoms with Gasteiger partial charge in [0.2, 0.25) is 0 Å². The molecule has 0 saturated heterocycles. The first-order valence-corrected chi connectivity index (χ1v) is 5.04. The largest absolute Gasteiger partial charge is 0.480 e. The molecule has 0 saturated carbocycles. The van der Waals surface area contributed by atoms with Crippen molar-refractivity contribution in [3.63, 3.8) is 0 Å². The summed E-state index contributed by atoms with van der Waals surface area (Å²) in [6, 6.07) is -0.807. The van der Waals surface area contributed by atoms with Crippen LogP contribution in [0.25, 0.3) is 0 Å². The molecule has 0 fully saturated rings. The van der Waals surface area contributed by atoms with E-state index in [1.54, 1.807) is 0 Å². The lowest BCUT2D eigenvalue weighted by Gasteiger charge is -2.26. The summed E-state index contributed by atoms with van der Waals surface area (Å²) < 4.78 is 0. The van der Waals surface area contributed by atoms with Crippen molar-refractivity contribution in [1.29, 1.82) is 0 Å². The number of nitrogens with two attached hydrogens (primary N) is 1. The van der Waals surface area contributed by atoms with Crippen LogP contribution in [-0.4, -0.2) is 41.7 Å². The molecule has 80 valence electrons. The van der Waals surface area contributed by atoms with E-state index in [0.29, 0.717) is 0 Å². The molecule has 0 bridgehead atoms. The monoisotopic (exact) mass is 198 g/mol. The summed E-state index contributed by atoms with van der Waals surface area (Å²) in [4.78, 5) is 12.9. The quantitative estimate of drug-likeness (QED) is 0.643. The van der Waals surface area contributed by atoms with Gasteiger partial charge in [-0.05, 0) is 25.0 Å². The maximum atomic E-state index is 10.6. The molecule has 1 aliphatic rings. The first kappa shape index (κ1) is 11.2. The minimum Gasteiger partial charge on any atom is -0.480 e. The van der Waals surface area contributed by atoms with E-state index in [4.69, 9.17) is 10.8 Å². The third-order valence-electron chi connectivity index (χ3n) is 2.53. The van der Waals surface area contributed by atoms with E-state index in [0.717, 1.165) is 38.0 Å². The van der Waals surface area contributed by atoms with E-state index >= 15 is 0 Å². The predicted molar refractivity (Wildman–Crippen MR) is 55.0 cm³/mol. The van der Waals surface area contributed by atoms with Crippen LogP contribution in [0, 0.1) is 0 Å². The molecule has 4 nitrogen and oxygen atoms in total. The molecule has 1 aliphatic heterocycles. The van der Waals surface area contributed by atoms with Crippen LogP contribution in [0.4, 0.5) is 0 Å². The molecule has 0 spiro atoms. The van der Waals surface area contributed by atoms with Gasteiger partial charge in [-0.3, -0.25) is 9.69 Å². The first-order valence-electron chi connectivity index (χ1n) is 5.04. The van der Waals surface area contributed by atoms with Crippen LogP contribution in [-0.2, 0) is 4.79 Å². The lowest BCUT2D eigenvalue weighted by molar-refractivity contribution is -0.137. The summed E-state index contributed by atoms with van der Waals surface area (Å²) in [7, 11) is 0. The summed E-state index contributed by atoms with van der Waals surface area (Å²) in [5, 5.41) is 8.72. The highest BCUT2D eigenvalue weighted by Crippen LogP contribution is 2.13. The summed E-state index contributed by atoms with van der Waals surface area (Å²) >= 11 is 0. The average Bonchev–Trinajstić information content (AvgIpc) is 2.18. The van der Waals surface area contributed by atoms with Gasteiger partial charge >= 0.3 is 5.97 Å². The van der Waals surface area contributed by atoms with Crippen LogP contribution in [0.15, 0.2) is 11.6 Å². The highest BCUT2D eigenvalue weighted by molar-refractivity contribution is 5.77. The second-order valence-electron chi connectivity index (χ2n) is 3.65. The van der Waals surface area contributed by atoms with Crippen LogP contribution in [0.1, 0.15) is 19.8 Å². The molecule has 0 aromatic carbocycles. The average molecular weight is 198 g/mol. The van der Waals surface area contributed by atoms with Gasteiger partial charge in [0.25, 0.3) is 0 Å². The molecular weight excluding hydrogens is 180 g/mol. The third kappa shape index (κ3) is 2.82. The Labute approximate surface area is 84.4 Å². The fourth-order valence-corrected chi connectivity index (χ4v) is 1.69. The van der Waals surface area contributed by atoms with E-state index in [2.05, 4.69) is 11.8 Å². The van der Waals surface area contributed by atoms with Crippen LogP contribution in [0.3, 0.4) is 0 Å². The topological polar surface area (TPSA) is 66.6 Å². The number of aliphatic carboxylic acids is 1. The number of hydrogen-bond acceptors (Lipinski definition) is 3. The van der Waals surface area contributed by atoms with Crippen molar-refractivity contribution in [3.8, 4) is 0 Å². The van der Waals surface area contributed by atoms with Gasteiger partial charge in [-0.15, -0.1) is 0 Å². The molecule has 1 unspecified atom stereocenters. The SMILES string of the molecule is CCCN1CC=C(C(N)C(=O)O)CC1. The minimum atomic E-state index is -0.930. The molecule has 1 rings (SSSR count). The van der Waals surface area contributed by atoms with Gasteiger partial charge in [-0.2, -0.15) is 0 Å². The highest BCUT2D eigenvalue weighted by Gasteiger charge is 2.20. The fraction of sp³-hybridized carbons (Fsp3) is 0.700. The Morgan fingerprint density at radius 1 is 1.79 bits per heavy atom. The molecule has 0 aromatic heterocycles. The molecule has 4 heteroatoms. The van der Waals surface area contributed by atoms with Crippen molar-refractivity contribution in [2.24, 2.45) is 5.73 Å². The van der Waals surface area contributed by atoms with Gasteiger partial charge in [0.05, 0.1) is 0 Å². The van der Waals surface area contributed by atoms with Gasteiger partial charge in [-0.25, -0.2) is 0 Å². The summed E-state index contributed by atoms with van der Waals surface area (Å²) in [5.41, 5.74) is 6.39. The Balaban J connectivity index is 2.48. The number of hydrogen-bond donors (Lipinski definition) is 2. The minimum absolute atomic E-state index is 0.785. The van der Waals surface area contributed by atoms with Gasteiger partial charge < -0.3 is 10.8 Å². The van der Waals surface area contributed by atoms with Crippen molar-refractivity contribution in [2.75, 3.05) is 19.6 Å². The van der Waals surface area contributed by atoms with Crippen LogP contribution in [0.5, 0.6) is 0 Å². The lowest BCUT2D eigenvalue weighted by atomic mass is 10.0. The van der Waals surface area contributed by atoms with Crippen molar-refractivity contribution in [1.82, 2.24) is 4.90 Å². The van der Waals surface area contributed by atoms with Crippen molar-refractivity contribution in [2.45, 2.75) is 25.8 Å². The number of carboxylic acids is 1. The van der Waals surface area contributed by atoms with E-state index < -0.39 is 12.0 Å². The van der Waals surface area contributed by atoms with Crippen molar-refractivity contribution < 1.29 is 9.90 Å². The second-order valence-corrected chi connectivity index (χ2v) is 3.65. The first-order chi connectivity index (χ1) is 6.65. The fourth-order valence-electron chi connectivity index (χ4n) is 1.69. The Morgan fingerprint density at radius 3 is 2.93 bits per heavy atom. The number of carboxylic acid groups (broad SMARTS) is 1. The normalized spacial score (nSPS) is 20.3. The number of nitrogens with zero attached hydrogens (tertiary/aromatic N) is 1. The molecule has 1 heterocycles. The van der Waals surface area contributed by atoms with E-state index in [-0.39, 0.29) is 0 Å². The molecule has 0 amide bonds.